The average Bonchev–Trinajstić information content (AvgIpc) is 3.31. The quantitative estimate of drug-likeness (QED) is 0.339. The summed E-state index contributed by atoms with van der Waals surface area (Å²) >= 11 is 0. The normalized spacial score (nSPS) is 16.3. The van der Waals surface area contributed by atoms with E-state index >= 15 is 0 Å². The van der Waals surface area contributed by atoms with E-state index in [4.69, 9.17) is 4.42 Å². The lowest BCUT2D eigenvalue weighted by atomic mass is 10.1. The fourth-order valence-corrected chi connectivity index (χ4v) is 3.06. The third kappa shape index (κ3) is 5.70. The zero-order valence-corrected chi connectivity index (χ0v) is 17.7. The Balaban J connectivity index is 0.00000243. The Morgan fingerprint density at radius 1 is 1.42 bits per heavy atom. The van der Waals surface area contributed by atoms with E-state index in [0.29, 0.717) is 24.2 Å². The molecule has 1 aliphatic heterocycles. The lowest BCUT2D eigenvalue weighted by Gasteiger charge is -2.32. The predicted molar refractivity (Wildman–Crippen MR) is 113 cm³/mol. The molecule has 8 nitrogen and oxygen atoms in total. The van der Waals surface area contributed by atoms with Gasteiger partial charge in [-0.1, -0.05) is 6.92 Å². The van der Waals surface area contributed by atoms with Gasteiger partial charge >= 0.3 is 0 Å². The SMILES string of the molecule is CCCN1CCC(NC(=NC)NCc2nc(-c3ccco3)n[nH]2)CC1.I. The van der Waals surface area contributed by atoms with Crippen molar-refractivity contribution < 1.29 is 4.42 Å². The number of piperidine rings is 1. The summed E-state index contributed by atoms with van der Waals surface area (Å²) in [6.07, 6.45) is 5.12. The van der Waals surface area contributed by atoms with E-state index in [-0.39, 0.29) is 24.0 Å². The Morgan fingerprint density at radius 2 is 2.23 bits per heavy atom. The molecule has 1 fully saturated rings. The smallest absolute Gasteiger partial charge is 0.216 e. The Kier molecular flexibility index (Phi) is 8.36. The van der Waals surface area contributed by atoms with Gasteiger partial charge in [-0.15, -0.1) is 29.1 Å². The molecule has 1 aliphatic rings. The number of hydrogen-bond donors (Lipinski definition) is 3. The number of furan rings is 1. The zero-order chi connectivity index (χ0) is 17.5. The number of nitrogens with one attached hydrogen (secondary N) is 3. The van der Waals surface area contributed by atoms with Crippen molar-refractivity contribution in [3.63, 3.8) is 0 Å². The molecule has 1 saturated heterocycles. The fraction of sp³-hybridized carbons (Fsp3) is 0.588. The second-order valence-corrected chi connectivity index (χ2v) is 6.27. The number of aliphatic imine (C=N–C) groups is 1. The summed E-state index contributed by atoms with van der Waals surface area (Å²) in [7, 11) is 1.79. The maximum Gasteiger partial charge on any atom is 0.216 e. The van der Waals surface area contributed by atoms with Gasteiger partial charge in [-0.25, -0.2) is 4.98 Å². The van der Waals surface area contributed by atoms with Crippen molar-refractivity contribution in [2.24, 2.45) is 4.99 Å². The highest BCUT2D eigenvalue weighted by Crippen LogP contribution is 2.14. The van der Waals surface area contributed by atoms with Gasteiger partial charge in [0.25, 0.3) is 0 Å². The van der Waals surface area contributed by atoms with Gasteiger partial charge < -0.3 is 20.0 Å². The van der Waals surface area contributed by atoms with Crippen LogP contribution in [0.4, 0.5) is 0 Å². The summed E-state index contributed by atoms with van der Waals surface area (Å²) in [6, 6.07) is 4.13. The Labute approximate surface area is 171 Å². The van der Waals surface area contributed by atoms with Crippen LogP contribution in [0.3, 0.4) is 0 Å². The largest absolute Gasteiger partial charge is 0.461 e. The monoisotopic (exact) mass is 473 g/mol. The first-order chi connectivity index (χ1) is 12.3. The van der Waals surface area contributed by atoms with Gasteiger partial charge in [0.1, 0.15) is 5.82 Å². The summed E-state index contributed by atoms with van der Waals surface area (Å²) in [6.45, 7) is 6.26. The van der Waals surface area contributed by atoms with Crippen molar-refractivity contribution in [1.82, 2.24) is 30.7 Å². The molecule has 0 bridgehead atoms. The van der Waals surface area contributed by atoms with Crippen molar-refractivity contribution in [2.75, 3.05) is 26.7 Å². The van der Waals surface area contributed by atoms with Crippen LogP contribution in [0.25, 0.3) is 11.6 Å². The molecule has 2 aromatic heterocycles. The van der Waals surface area contributed by atoms with Crippen LogP contribution in [0.15, 0.2) is 27.8 Å². The number of nitrogens with zero attached hydrogens (tertiary/aromatic N) is 4. The number of guanidine groups is 1. The molecule has 0 spiro atoms. The van der Waals surface area contributed by atoms with Gasteiger partial charge in [0, 0.05) is 26.2 Å². The lowest BCUT2D eigenvalue weighted by molar-refractivity contribution is 0.206. The molecule has 0 aliphatic carbocycles. The summed E-state index contributed by atoms with van der Waals surface area (Å²) in [4.78, 5) is 11.3. The maximum atomic E-state index is 5.30. The van der Waals surface area contributed by atoms with Crippen LogP contribution in [0.2, 0.25) is 0 Å². The van der Waals surface area contributed by atoms with Gasteiger partial charge in [-0.2, -0.15) is 0 Å². The standard InChI is InChI=1S/C17H27N7O.HI/c1-3-8-24-9-6-13(7-10-24)20-17(18-2)19-12-15-21-16(23-22-15)14-5-4-11-25-14;/h4-5,11,13H,3,6-10,12H2,1-2H3,(H2,18,19,20)(H,21,22,23);1H. The van der Waals surface area contributed by atoms with E-state index in [0.717, 1.165) is 37.7 Å². The Bertz CT molecular complexity index is 662. The first kappa shape index (κ1) is 20.7. The molecule has 144 valence electrons. The first-order valence-corrected chi connectivity index (χ1v) is 8.93. The number of hydrogen-bond acceptors (Lipinski definition) is 5. The van der Waals surface area contributed by atoms with E-state index in [1.165, 1.54) is 13.0 Å². The number of halogens is 1. The highest BCUT2D eigenvalue weighted by Gasteiger charge is 2.19. The molecule has 0 amide bonds. The second-order valence-electron chi connectivity index (χ2n) is 6.27. The molecule has 3 heterocycles. The van der Waals surface area contributed by atoms with Crippen LogP contribution in [0.1, 0.15) is 32.0 Å². The molecule has 0 atom stereocenters. The molecule has 0 unspecified atom stereocenters. The van der Waals surface area contributed by atoms with Gasteiger partial charge in [0.05, 0.1) is 12.8 Å². The summed E-state index contributed by atoms with van der Waals surface area (Å²) in [5.41, 5.74) is 0. The third-order valence-corrected chi connectivity index (χ3v) is 4.39. The van der Waals surface area contributed by atoms with Crippen molar-refractivity contribution >= 4 is 29.9 Å². The van der Waals surface area contributed by atoms with Crippen molar-refractivity contribution in [3.8, 4) is 11.6 Å². The Hall–Kier alpha value is -1.62. The van der Waals surface area contributed by atoms with E-state index < -0.39 is 0 Å². The van der Waals surface area contributed by atoms with Gasteiger partial charge in [0.15, 0.2) is 11.7 Å². The van der Waals surface area contributed by atoms with E-state index in [9.17, 15) is 0 Å². The predicted octanol–water partition coefficient (Wildman–Crippen LogP) is 2.22. The molecule has 0 radical (unpaired) electrons. The molecular formula is C17H28IN7O. The number of aromatic amines is 1. The van der Waals surface area contributed by atoms with Crippen molar-refractivity contribution in [3.05, 3.63) is 24.2 Å². The van der Waals surface area contributed by atoms with E-state index in [2.05, 4.69) is 42.6 Å². The number of H-pyrrole nitrogens is 1. The van der Waals surface area contributed by atoms with Crippen molar-refractivity contribution in [2.45, 2.75) is 38.8 Å². The molecular weight excluding hydrogens is 445 g/mol. The van der Waals surface area contributed by atoms with Crippen LogP contribution in [0, 0.1) is 0 Å². The zero-order valence-electron chi connectivity index (χ0n) is 15.4. The lowest BCUT2D eigenvalue weighted by Crippen LogP contribution is -2.48. The van der Waals surface area contributed by atoms with Crippen LogP contribution in [-0.4, -0.2) is 58.8 Å². The Morgan fingerprint density at radius 3 is 2.88 bits per heavy atom. The minimum absolute atomic E-state index is 0. The summed E-state index contributed by atoms with van der Waals surface area (Å²) in [5.74, 6) is 2.76. The number of aromatic nitrogens is 3. The average molecular weight is 473 g/mol. The maximum absolute atomic E-state index is 5.30. The fourth-order valence-electron chi connectivity index (χ4n) is 3.06. The van der Waals surface area contributed by atoms with Crippen LogP contribution in [0.5, 0.6) is 0 Å². The molecule has 9 heteroatoms. The van der Waals surface area contributed by atoms with Gasteiger partial charge in [-0.05, 0) is 37.9 Å². The van der Waals surface area contributed by atoms with Crippen LogP contribution < -0.4 is 10.6 Å². The first-order valence-electron chi connectivity index (χ1n) is 8.93. The molecule has 2 aromatic rings. The second kappa shape index (κ2) is 10.5. The molecule has 3 N–H and O–H groups in total. The molecule has 0 aromatic carbocycles. The molecule has 3 rings (SSSR count). The third-order valence-electron chi connectivity index (χ3n) is 4.39. The number of rotatable bonds is 6. The molecule has 26 heavy (non-hydrogen) atoms. The topological polar surface area (TPSA) is 94.4 Å². The van der Waals surface area contributed by atoms with E-state index in [1.807, 2.05) is 12.1 Å². The van der Waals surface area contributed by atoms with Gasteiger partial charge in [-0.3, -0.25) is 10.1 Å². The molecule has 0 saturated carbocycles. The van der Waals surface area contributed by atoms with Crippen LogP contribution >= 0.6 is 24.0 Å². The minimum Gasteiger partial charge on any atom is -0.461 e. The van der Waals surface area contributed by atoms with E-state index in [1.54, 1.807) is 13.3 Å². The van der Waals surface area contributed by atoms with Crippen molar-refractivity contribution in [1.29, 1.82) is 0 Å². The van der Waals surface area contributed by atoms with Crippen LogP contribution in [-0.2, 0) is 6.54 Å². The minimum atomic E-state index is 0. The number of likely N-dealkylation sites (tertiary alicyclic amines) is 1. The van der Waals surface area contributed by atoms with Gasteiger partial charge in [0.2, 0.25) is 5.82 Å². The highest BCUT2D eigenvalue weighted by molar-refractivity contribution is 14.0. The summed E-state index contributed by atoms with van der Waals surface area (Å²) < 4.78 is 5.30. The summed E-state index contributed by atoms with van der Waals surface area (Å²) in [5, 5.41) is 13.9. The highest BCUT2D eigenvalue weighted by atomic mass is 127.